The molecule has 8 heteroatoms. The molecule has 0 aliphatic carbocycles. The molecule has 1 fully saturated rings. The standard InChI is InChI=1S/C11H16N6O2/c1-3-6-10(19)16-9(18)5-17(6)8-4-7(13-2)14-11(12)15-8/h4,6H,3,5H2,1-2H3,(H,16,18,19)(H3,12,13,14,15). The molecule has 1 aliphatic rings. The van der Waals surface area contributed by atoms with E-state index in [1.165, 1.54) is 0 Å². The quantitative estimate of drug-likeness (QED) is 0.621. The molecule has 1 aliphatic heterocycles. The van der Waals surface area contributed by atoms with Crippen molar-refractivity contribution in [3.05, 3.63) is 6.07 Å². The Morgan fingerprint density at radius 1 is 1.53 bits per heavy atom. The zero-order valence-electron chi connectivity index (χ0n) is 10.8. The molecule has 0 radical (unpaired) electrons. The summed E-state index contributed by atoms with van der Waals surface area (Å²) < 4.78 is 0. The molecule has 0 saturated carbocycles. The van der Waals surface area contributed by atoms with E-state index in [2.05, 4.69) is 20.6 Å². The molecule has 2 amide bonds. The Bertz CT molecular complexity index is 518. The summed E-state index contributed by atoms with van der Waals surface area (Å²) in [6.07, 6.45) is 0.567. The lowest BCUT2D eigenvalue weighted by atomic mass is 10.1. The van der Waals surface area contributed by atoms with Gasteiger partial charge in [0.25, 0.3) is 0 Å². The van der Waals surface area contributed by atoms with Crippen molar-refractivity contribution in [3.63, 3.8) is 0 Å². The van der Waals surface area contributed by atoms with E-state index in [9.17, 15) is 9.59 Å². The molecule has 1 atom stereocenters. The van der Waals surface area contributed by atoms with Crippen LogP contribution >= 0.6 is 0 Å². The number of nitrogens with one attached hydrogen (secondary N) is 2. The van der Waals surface area contributed by atoms with Gasteiger partial charge in [-0.1, -0.05) is 6.92 Å². The number of hydrogen-bond acceptors (Lipinski definition) is 7. The number of nitrogen functional groups attached to an aromatic ring is 1. The Kier molecular flexibility index (Phi) is 3.50. The SMILES string of the molecule is CCC1C(=O)NC(=O)CN1c1cc(NC)nc(N)n1. The summed E-state index contributed by atoms with van der Waals surface area (Å²) in [5, 5.41) is 5.17. The van der Waals surface area contributed by atoms with Crippen LogP contribution in [0, 0.1) is 0 Å². The van der Waals surface area contributed by atoms with Crippen LogP contribution < -0.4 is 21.3 Å². The van der Waals surface area contributed by atoms with Crippen LogP contribution in [-0.2, 0) is 9.59 Å². The number of rotatable bonds is 3. The Morgan fingerprint density at radius 2 is 2.26 bits per heavy atom. The van der Waals surface area contributed by atoms with Crippen LogP contribution in [0.3, 0.4) is 0 Å². The molecule has 2 rings (SSSR count). The van der Waals surface area contributed by atoms with E-state index >= 15 is 0 Å². The molecule has 1 unspecified atom stereocenters. The second-order valence-corrected chi connectivity index (χ2v) is 4.18. The van der Waals surface area contributed by atoms with Crippen molar-refractivity contribution in [2.75, 3.05) is 29.5 Å². The van der Waals surface area contributed by atoms with Gasteiger partial charge in [0, 0.05) is 13.1 Å². The van der Waals surface area contributed by atoms with Gasteiger partial charge in [0.05, 0.1) is 6.54 Å². The van der Waals surface area contributed by atoms with Gasteiger partial charge in [0.1, 0.15) is 17.7 Å². The summed E-state index contributed by atoms with van der Waals surface area (Å²) in [5.74, 6) is 0.428. The number of piperazine rings is 1. The summed E-state index contributed by atoms with van der Waals surface area (Å²) >= 11 is 0. The van der Waals surface area contributed by atoms with Gasteiger partial charge >= 0.3 is 0 Å². The average Bonchev–Trinajstić information content (AvgIpc) is 2.37. The second-order valence-electron chi connectivity index (χ2n) is 4.18. The first-order valence-electron chi connectivity index (χ1n) is 5.97. The van der Waals surface area contributed by atoms with E-state index < -0.39 is 6.04 Å². The third-order valence-electron chi connectivity index (χ3n) is 2.92. The highest BCUT2D eigenvalue weighted by atomic mass is 16.2. The van der Waals surface area contributed by atoms with Crippen LogP contribution in [0.15, 0.2) is 6.07 Å². The van der Waals surface area contributed by atoms with Gasteiger partial charge < -0.3 is 16.0 Å². The van der Waals surface area contributed by atoms with E-state index in [-0.39, 0.29) is 24.3 Å². The fraction of sp³-hybridized carbons (Fsp3) is 0.455. The van der Waals surface area contributed by atoms with Gasteiger partial charge in [-0.2, -0.15) is 9.97 Å². The average molecular weight is 264 g/mol. The molecule has 4 N–H and O–H groups in total. The number of aromatic nitrogens is 2. The number of carbonyl (C=O) groups excluding carboxylic acids is 2. The summed E-state index contributed by atoms with van der Waals surface area (Å²) in [7, 11) is 1.71. The molecule has 0 bridgehead atoms. The smallest absolute Gasteiger partial charge is 0.249 e. The van der Waals surface area contributed by atoms with Gasteiger partial charge in [0.2, 0.25) is 17.8 Å². The van der Waals surface area contributed by atoms with Crippen molar-refractivity contribution < 1.29 is 9.59 Å². The fourth-order valence-electron chi connectivity index (χ4n) is 2.04. The zero-order chi connectivity index (χ0) is 14.0. The van der Waals surface area contributed by atoms with Crippen LogP contribution in [0.5, 0.6) is 0 Å². The molecule has 1 aromatic rings. The van der Waals surface area contributed by atoms with E-state index in [0.717, 1.165) is 0 Å². The molecule has 19 heavy (non-hydrogen) atoms. The lowest BCUT2D eigenvalue weighted by Crippen LogP contribution is -2.58. The summed E-state index contributed by atoms with van der Waals surface area (Å²) in [6, 6.07) is 1.22. The minimum Gasteiger partial charge on any atom is -0.373 e. The van der Waals surface area contributed by atoms with E-state index in [4.69, 9.17) is 5.73 Å². The monoisotopic (exact) mass is 264 g/mol. The van der Waals surface area contributed by atoms with Crippen LogP contribution in [0.1, 0.15) is 13.3 Å². The first kappa shape index (κ1) is 13.1. The fourth-order valence-corrected chi connectivity index (χ4v) is 2.04. The topological polar surface area (TPSA) is 113 Å². The Hall–Kier alpha value is -2.38. The molecule has 2 heterocycles. The normalized spacial score (nSPS) is 19.3. The number of carbonyl (C=O) groups is 2. The third kappa shape index (κ3) is 2.56. The maximum atomic E-state index is 11.8. The van der Waals surface area contributed by atoms with Crippen molar-refractivity contribution in [1.29, 1.82) is 0 Å². The molecule has 8 nitrogen and oxygen atoms in total. The van der Waals surface area contributed by atoms with Crippen molar-refractivity contribution in [3.8, 4) is 0 Å². The first-order valence-corrected chi connectivity index (χ1v) is 5.97. The minimum atomic E-state index is -0.434. The molecule has 0 aromatic carbocycles. The maximum absolute atomic E-state index is 11.8. The van der Waals surface area contributed by atoms with Crippen molar-refractivity contribution in [2.24, 2.45) is 0 Å². The molecule has 0 spiro atoms. The van der Waals surface area contributed by atoms with Crippen LogP contribution in [0.2, 0.25) is 0 Å². The summed E-state index contributed by atoms with van der Waals surface area (Å²) in [4.78, 5) is 33.0. The lowest BCUT2D eigenvalue weighted by Gasteiger charge is -2.34. The van der Waals surface area contributed by atoms with Crippen LogP contribution in [0.25, 0.3) is 0 Å². The number of imide groups is 1. The number of nitrogens with two attached hydrogens (primary N) is 1. The first-order chi connectivity index (χ1) is 9.05. The van der Waals surface area contributed by atoms with Crippen LogP contribution in [0.4, 0.5) is 17.6 Å². The van der Waals surface area contributed by atoms with E-state index in [1.54, 1.807) is 18.0 Å². The predicted molar refractivity (Wildman–Crippen MR) is 70.6 cm³/mol. The highest BCUT2D eigenvalue weighted by Gasteiger charge is 2.33. The van der Waals surface area contributed by atoms with Crippen molar-refractivity contribution in [2.45, 2.75) is 19.4 Å². The third-order valence-corrected chi connectivity index (χ3v) is 2.92. The highest BCUT2D eigenvalue weighted by Crippen LogP contribution is 2.21. The largest absolute Gasteiger partial charge is 0.373 e. The summed E-state index contributed by atoms with van der Waals surface area (Å²) in [6.45, 7) is 1.94. The van der Waals surface area contributed by atoms with Gasteiger partial charge in [-0.05, 0) is 6.42 Å². The number of hydrogen-bond donors (Lipinski definition) is 3. The minimum absolute atomic E-state index is 0.0733. The lowest BCUT2D eigenvalue weighted by molar-refractivity contribution is -0.132. The van der Waals surface area contributed by atoms with Crippen LogP contribution in [-0.4, -0.2) is 41.4 Å². The number of nitrogens with zero attached hydrogens (tertiary/aromatic N) is 3. The van der Waals surface area contributed by atoms with E-state index in [0.29, 0.717) is 18.1 Å². The number of anilines is 3. The maximum Gasteiger partial charge on any atom is 0.249 e. The van der Waals surface area contributed by atoms with Gasteiger partial charge in [-0.15, -0.1) is 0 Å². The van der Waals surface area contributed by atoms with E-state index in [1.807, 2.05) is 6.92 Å². The summed E-state index contributed by atoms with van der Waals surface area (Å²) in [5.41, 5.74) is 5.62. The van der Waals surface area contributed by atoms with Gasteiger partial charge in [-0.25, -0.2) is 0 Å². The van der Waals surface area contributed by atoms with Gasteiger partial charge in [-0.3, -0.25) is 14.9 Å². The second kappa shape index (κ2) is 5.09. The van der Waals surface area contributed by atoms with Gasteiger partial charge in [0.15, 0.2) is 0 Å². The molecular formula is C11H16N6O2. The Labute approximate surface area is 110 Å². The molecule has 1 aromatic heterocycles. The number of amides is 2. The highest BCUT2D eigenvalue weighted by molar-refractivity contribution is 6.04. The Balaban J connectivity index is 2.39. The molecular weight excluding hydrogens is 248 g/mol. The zero-order valence-corrected chi connectivity index (χ0v) is 10.8. The molecule has 102 valence electrons. The predicted octanol–water partition coefficient (Wildman–Crippen LogP) is -0.658. The molecule has 1 saturated heterocycles. The van der Waals surface area contributed by atoms with Crippen molar-refractivity contribution >= 4 is 29.4 Å². The van der Waals surface area contributed by atoms with Crippen molar-refractivity contribution in [1.82, 2.24) is 15.3 Å². The Morgan fingerprint density at radius 3 is 2.89 bits per heavy atom.